The number of hydrogen-bond donors (Lipinski definition) is 1. The van der Waals surface area contributed by atoms with E-state index in [2.05, 4.69) is 5.32 Å². The molecule has 0 atom stereocenters. The summed E-state index contributed by atoms with van der Waals surface area (Å²) >= 11 is 1.42. The maximum Gasteiger partial charge on any atom is 0.282 e. The lowest BCUT2D eigenvalue weighted by atomic mass is 10.1. The first-order valence-corrected chi connectivity index (χ1v) is 10.6. The molecule has 7 heteroatoms. The molecule has 2 aromatic carbocycles. The Morgan fingerprint density at radius 3 is 2.35 bits per heavy atom. The average molecular weight is 435 g/mol. The molecular weight excluding hydrogens is 412 g/mol. The van der Waals surface area contributed by atoms with Crippen molar-refractivity contribution in [3.05, 3.63) is 75.6 Å². The van der Waals surface area contributed by atoms with Crippen LogP contribution in [0.15, 0.2) is 59.6 Å². The summed E-state index contributed by atoms with van der Waals surface area (Å²) in [6.45, 7) is 3.82. The lowest BCUT2D eigenvalue weighted by Gasteiger charge is -2.18. The molecule has 3 aromatic rings. The fourth-order valence-electron chi connectivity index (χ4n) is 3.53. The Morgan fingerprint density at radius 2 is 1.68 bits per heavy atom. The van der Waals surface area contributed by atoms with Gasteiger partial charge in [0.05, 0.1) is 25.5 Å². The molecule has 0 radical (unpaired) electrons. The van der Waals surface area contributed by atoms with E-state index in [1.807, 2.05) is 49.6 Å². The van der Waals surface area contributed by atoms with Gasteiger partial charge in [0.2, 0.25) is 0 Å². The predicted octanol–water partition coefficient (Wildman–Crippen LogP) is 4.78. The number of ether oxygens (including phenoxy) is 2. The number of carbonyl (C=O) groups excluding carboxylic acids is 2. The van der Waals surface area contributed by atoms with Gasteiger partial charge in [-0.1, -0.05) is 18.2 Å². The number of nitrogens with zero attached hydrogens (tertiary/aromatic N) is 1. The minimum Gasteiger partial charge on any atom is -0.493 e. The second kappa shape index (κ2) is 8.28. The van der Waals surface area contributed by atoms with Gasteiger partial charge in [0, 0.05) is 16.6 Å². The summed E-state index contributed by atoms with van der Waals surface area (Å²) in [5, 5.41) is 5.04. The molecule has 1 aliphatic rings. The average Bonchev–Trinajstić information content (AvgIpc) is 3.37. The van der Waals surface area contributed by atoms with Gasteiger partial charge in [0.1, 0.15) is 5.70 Å². The first-order valence-electron chi connectivity index (χ1n) is 9.68. The van der Waals surface area contributed by atoms with E-state index >= 15 is 0 Å². The van der Waals surface area contributed by atoms with Crippen LogP contribution in [0.5, 0.6) is 11.5 Å². The molecule has 0 spiro atoms. The summed E-state index contributed by atoms with van der Waals surface area (Å²) in [5.74, 6) is 0.362. The van der Waals surface area contributed by atoms with Crippen LogP contribution >= 0.6 is 11.3 Å². The number of imide groups is 1. The number of rotatable bonds is 6. The monoisotopic (exact) mass is 434 g/mol. The van der Waals surface area contributed by atoms with E-state index in [4.69, 9.17) is 9.47 Å². The highest BCUT2D eigenvalue weighted by Crippen LogP contribution is 2.38. The molecule has 0 saturated carbocycles. The van der Waals surface area contributed by atoms with Crippen LogP contribution in [0.2, 0.25) is 0 Å². The topological polar surface area (TPSA) is 67.9 Å². The van der Waals surface area contributed by atoms with Crippen LogP contribution in [0.25, 0.3) is 5.57 Å². The van der Waals surface area contributed by atoms with Crippen LogP contribution in [0, 0.1) is 13.8 Å². The van der Waals surface area contributed by atoms with Crippen molar-refractivity contribution >= 4 is 40.1 Å². The van der Waals surface area contributed by atoms with Gasteiger partial charge in [-0.25, -0.2) is 4.90 Å². The van der Waals surface area contributed by atoms with Crippen LogP contribution < -0.4 is 19.7 Å². The quantitative estimate of drug-likeness (QED) is 0.566. The number of nitrogens with one attached hydrogen (secondary N) is 1. The van der Waals surface area contributed by atoms with Crippen molar-refractivity contribution in [1.29, 1.82) is 0 Å². The van der Waals surface area contributed by atoms with E-state index in [1.54, 1.807) is 32.4 Å². The standard InChI is InChI=1S/C24H22N2O4S/c1-14-7-8-15(2)17(12-14)26-23(27)21(20-6-5-11-31-20)22(24(26)28)25-16-9-10-18(29-3)19(13-16)30-4/h5-13,25H,1-4H3. The number of methoxy groups -OCH3 is 2. The van der Waals surface area contributed by atoms with Gasteiger partial charge in [-0.2, -0.15) is 0 Å². The molecule has 2 amide bonds. The van der Waals surface area contributed by atoms with Crippen molar-refractivity contribution in [1.82, 2.24) is 0 Å². The van der Waals surface area contributed by atoms with Crippen molar-refractivity contribution in [2.45, 2.75) is 13.8 Å². The number of hydrogen-bond acceptors (Lipinski definition) is 6. The minimum atomic E-state index is -0.392. The maximum atomic E-state index is 13.5. The van der Waals surface area contributed by atoms with E-state index in [0.717, 1.165) is 16.0 Å². The largest absolute Gasteiger partial charge is 0.493 e. The van der Waals surface area contributed by atoms with E-state index in [9.17, 15) is 9.59 Å². The van der Waals surface area contributed by atoms with Gasteiger partial charge in [-0.05, 0) is 54.6 Å². The first-order chi connectivity index (χ1) is 14.9. The van der Waals surface area contributed by atoms with Crippen LogP contribution in [0.4, 0.5) is 11.4 Å². The molecule has 0 aliphatic carbocycles. The smallest absolute Gasteiger partial charge is 0.282 e. The molecule has 1 N–H and O–H groups in total. The van der Waals surface area contributed by atoms with Crippen molar-refractivity contribution < 1.29 is 19.1 Å². The molecule has 158 valence electrons. The SMILES string of the molecule is COc1ccc(NC2=C(c3cccs3)C(=O)N(c3cc(C)ccc3C)C2=O)cc1OC. The lowest BCUT2D eigenvalue weighted by Crippen LogP contribution is -2.33. The number of benzene rings is 2. The summed E-state index contributed by atoms with van der Waals surface area (Å²) in [6, 6.07) is 14.7. The Kier molecular flexibility index (Phi) is 5.52. The fraction of sp³-hybridized carbons (Fsp3) is 0.167. The summed E-state index contributed by atoms with van der Waals surface area (Å²) < 4.78 is 10.7. The van der Waals surface area contributed by atoms with Gasteiger partial charge in [-0.15, -0.1) is 11.3 Å². The van der Waals surface area contributed by atoms with Crippen LogP contribution in [0.3, 0.4) is 0 Å². The Labute approximate surface area is 184 Å². The van der Waals surface area contributed by atoms with Crippen LogP contribution in [-0.2, 0) is 9.59 Å². The Hall–Kier alpha value is -3.58. The molecule has 0 fully saturated rings. The van der Waals surface area contributed by atoms with Crippen molar-refractivity contribution in [3.63, 3.8) is 0 Å². The third-order valence-electron chi connectivity index (χ3n) is 5.11. The third-order valence-corrected chi connectivity index (χ3v) is 6.00. The zero-order valence-corrected chi connectivity index (χ0v) is 18.5. The van der Waals surface area contributed by atoms with Gasteiger partial charge in [0.25, 0.3) is 11.8 Å². The van der Waals surface area contributed by atoms with E-state index in [-0.39, 0.29) is 11.6 Å². The Balaban J connectivity index is 1.80. The first kappa shape index (κ1) is 20.7. The van der Waals surface area contributed by atoms with Gasteiger partial charge >= 0.3 is 0 Å². The number of anilines is 2. The maximum absolute atomic E-state index is 13.5. The highest BCUT2D eigenvalue weighted by Gasteiger charge is 2.41. The lowest BCUT2D eigenvalue weighted by molar-refractivity contribution is -0.120. The zero-order valence-electron chi connectivity index (χ0n) is 17.7. The third kappa shape index (κ3) is 3.68. The van der Waals surface area contributed by atoms with Crippen molar-refractivity contribution in [2.24, 2.45) is 0 Å². The number of aryl methyl sites for hydroxylation is 2. The fourth-order valence-corrected chi connectivity index (χ4v) is 4.30. The number of amides is 2. The summed E-state index contributed by atoms with van der Waals surface area (Å²) in [4.78, 5) is 29.0. The van der Waals surface area contributed by atoms with E-state index < -0.39 is 5.91 Å². The molecular formula is C24H22N2O4S. The Bertz CT molecular complexity index is 1200. The Morgan fingerprint density at radius 1 is 0.903 bits per heavy atom. The van der Waals surface area contributed by atoms with E-state index in [0.29, 0.717) is 28.4 Å². The highest BCUT2D eigenvalue weighted by molar-refractivity contribution is 7.11. The molecule has 4 rings (SSSR count). The minimum absolute atomic E-state index is 0.237. The normalized spacial score (nSPS) is 13.7. The second-order valence-electron chi connectivity index (χ2n) is 7.16. The van der Waals surface area contributed by atoms with Crippen LogP contribution in [-0.4, -0.2) is 26.0 Å². The molecule has 0 saturated heterocycles. The van der Waals surface area contributed by atoms with E-state index in [1.165, 1.54) is 16.2 Å². The van der Waals surface area contributed by atoms with Crippen molar-refractivity contribution in [2.75, 3.05) is 24.4 Å². The van der Waals surface area contributed by atoms with Gasteiger partial charge < -0.3 is 14.8 Å². The molecule has 0 unspecified atom stereocenters. The highest BCUT2D eigenvalue weighted by atomic mass is 32.1. The number of carbonyl (C=O) groups is 2. The molecule has 6 nitrogen and oxygen atoms in total. The number of thiophene rings is 1. The van der Waals surface area contributed by atoms with Crippen LogP contribution in [0.1, 0.15) is 16.0 Å². The van der Waals surface area contributed by atoms with Gasteiger partial charge in [0.15, 0.2) is 11.5 Å². The zero-order chi connectivity index (χ0) is 22.1. The predicted molar refractivity (Wildman–Crippen MR) is 123 cm³/mol. The summed E-state index contributed by atoms with van der Waals surface area (Å²) in [7, 11) is 3.11. The molecule has 0 bridgehead atoms. The molecule has 1 aliphatic heterocycles. The van der Waals surface area contributed by atoms with Crippen molar-refractivity contribution in [3.8, 4) is 11.5 Å². The molecule has 31 heavy (non-hydrogen) atoms. The summed E-state index contributed by atoms with van der Waals surface area (Å²) in [6.07, 6.45) is 0. The van der Waals surface area contributed by atoms with Gasteiger partial charge in [-0.3, -0.25) is 9.59 Å². The summed E-state index contributed by atoms with van der Waals surface area (Å²) in [5.41, 5.74) is 3.63. The molecule has 1 aromatic heterocycles. The second-order valence-corrected chi connectivity index (χ2v) is 8.11. The molecule has 2 heterocycles.